The molecule has 0 aromatic heterocycles. The number of thioether (sulfide) groups is 1. The van der Waals surface area contributed by atoms with Gasteiger partial charge in [-0.05, 0) is 23.6 Å². The Kier molecular flexibility index (Phi) is 4.29. The number of carbonyl (C=O) groups is 1. The summed E-state index contributed by atoms with van der Waals surface area (Å²) in [4.78, 5) is 18.3. The molecule has 1 aromatic carbocycles. The van der Waals surface area contributed by atoms with Crippen LogP contribution in [-0.4, -0.2) is 29.1 Å². The summed E-state index contributed by atoms with van der Waals surface area (Å²) >= 11 is 7.30. The van der Waals surface area contributed by atoms with E-state index in [1.165, 1.54) is 11.8 Å². The van der Waals surface area contributed by atoms with E-state index in [0.717, 1.165) is 29.1 Å². The van der Waals surface area contributed by atoms with E-state index < -0.39 is 17.6 Å². The molecule has 0 aliphatic carbocycles. The summed E-state index contributed by atoms with van der Waals surface area (Å²) < 4.78 is 38.2. The van der Waals surface area contributed by atoms with Crippen molar-refractivity contribution in [3.63, 3.8) is 0 Å². The van der Waals surface area contributed by atoms with Crippen LogP contribution >= 0.6 is 23.4 Å². The highest BCUT2D eigenvalue weighted by Crippen LogP contribution is 2.34. The lowest BCUT2D eigenvalue weighted by molar-refractivity contribution is -0.137. The zero-order chi connectivity index (χ0) is 16.6. The number of alkyl halides is 3. The van der Waals surface area contributed by atoms with Gasteiger partial charge in [-0.2, -0.15) is 13.2 Å². The largest absolute Gasteiger partial charge is 0.416 e. The van der Waals surface area contributed by atoms with Crippen LogP contribution < -0.4 is 5.32 Å². The van der Waals surface area contributed by atoms with Gasteiger partial charge in [0.2, 0.25) is 5.91 Å². The predicted octanol–water partition coefficient (Wildman–Crippen LogP) is 3.95. The molecule has 0 unspecified atom stereocenters. The van der Waals surface area contributed by atoms with Crippen molar-refractivity contribution >= 4 is 40.1 Å². The molecule has 0 spiro atoms. The highest BCUT2D eigenvalue weighted by molar-refractivity contribution is 8.16. The molecule has 0 radical (unpaired) electrons. The topological polar surface area (TPSA) is 44.7 Å². The molecule has 0 bridgehead atoms. The average Bonchev–Trinajstić information content (AvgIpc) is 3.05. The molecule has 2 aliphatic rings. The van der Waals surface area contributed by atoms with Gasteiger partial charge in [0, 0.05) is 12.2 Å². The van der Waals surface area contributed by atoms with Crippen molar-refractivity contribution in [1.29, 1.82) is 0 Å². The maximum absolute atomic E-state index is 12.7. The fraction of sp³-hybridized carbons (Fsp3) is 0.286. The number of hydrogen-bond acceptors (Lipinski definition) is 4. The lowest BCUT2D eigenvalue weighted by atomic mass is 10.2. The number of hydrogen-bond donors (Lipinski definition) is 1. The van der Waals surface area contributed by atoms with Crippen LogP contribution in [0.15, 0.2) is 34.3 Å². The van der Waals surface area contributed by atoms with E-state index in [2.05, 4.69) is 10.3 Å². The second-order valence-corrected chi connectivity index (χ2v) is 6.20. The van der Waals surface area contributed by atoms with Crippen LogP contribution in [0.25, 0.3) is 0 Å². The average molecular weight is 362 g/mol. The van der Waals surface area contributed by atoms with Gasteiger partial charge in [-0.3, -0.25) is 9.79 Å². The third kappa shape index (κ3) is 3.48. The van der Waals surface area contributed by atoms with Gasteiger partial charge in [0.05, 0.1) is 29.2 Å². The molecule has 2 aliphatic heterocycles. The summed E-state index contributed by atoms with van der Waals surface area (Å²) in [5, 5.41) is 5.18. The van der Waals surface area contributed by atoms with E-state index >= 15 is 0 Å². The summed E-state index contributed by atoms with van der Waals surface area (Å²) in [7, 11) is 0. The number of anilines is 1. The number of carbonyl (C=O) groups excluding carboxylic acids is 1. The maximum atomic E-state index is 12.7. The van der Waals surface area contributed by atoms with Gasteiger partial charge in [0.25, 0.3) is 0 Å². The van der Waals surface area contributed by atoms with Gasteiger partial charge >= 0.3 is 6.18 Å². The van der Waals surface area contributed by atoms with Crippen LogP contribution in [-0.2, 0) is 11.0 Å². The number of rotatable bonds is 3. The summed E-state index contributed by atoms with van der Waals surface area (Å²) in [6, 6.07) is 2.83. The lowest BCUT2D eigenvalue weighted by Crippen LogP contribution is -2.24. The number of benzene rings is 1. The molecule has 0 saturated carbocycles. The molecular weight excluding hydrogens is 351 g/mol. The zero-order valence-electron chi connectivity index (χ0n) is 11.7. The quantitative estimate of drug-likeness (QED) is 0.886. The Morgan fingerprint density at radius 2 is 2.22 bits per heavy atom. The van der Waals surface area contributed by atoms with E-state index in [-0.39, 0.29) is 17.1 Å². The van der Waals surface area contributed by atoms with Crippen molar-refractivity contribution in [1.82, 2.24) is 4.90 Å². The van der Waals surface area contributed by atoms with E-state index in [1.807, 2.05) is 10.3 Å². The van der Waals surface area contributed by atoms with Crippen LogP contribution in [0.1, 0.15) is 12.0 Å². The second-order valence-electron chi connectivity index (χ2n) is 4.96. The number of fused-ring (bicyclic) bond motifs is 1. The maximum Gasteiger partial charge on any atom is 0.416 e. The Hall–Kier alpha value is -1.67. The Labute approximate surface area is 139 Å². The molecule has 1 N–H and O–H groups in total. The zero-order valence-corrected chi connectivity index (χ0v) is 13.2. The number of aliphatic imine (C=N–C) groups is 1. The third-order valence-corrected chi connectivity index (χ3v) is 4.64. The van der Waals surface area contributed by atoms with Gasteiger partial charge in [0.1, 0.15) is 0 Å². The molecule has 0 atom stereocenters. The molecule has 1 aromatic rings. The fourth-order valence-electron chi connectivity index (χ4n) is 2.27. The van der Waals surface area contributed by atoms with Crippen molar-refractivity contribution < 1.29 is 18.0 Å². The van der Waals surface area contributed by atoms with Gasteiger partial charge in [-0.25, -0.2) is 0 Å². The van der Waals surface area contributed by atoms with Gasteiger partial charge in [-0.15, -0.1) is 0 Å². The summed E-state index contributed by atoms with van der Waals surface area (Å²) in [6.07, 6.45) is -4.44. The van der Waals surface area contributed by atoms with Crippen LogP contribution in [0.2, 0.25) is 5.02 Å². The Morgan fingerprint density at radius 1 is 1.43 bits per heavy atom. The molecule has 0 fully saturated rings. The van der Waals surface area contributed by atoms with E-state index in [0.29, 0.717) is 13.1 Å². The van der Waals surface area contributed by atoms with E-state index in [1.54, 1.807) is 0 Å². The van der Waals surface area contributed by atoms with Crippen LogP contribution in [0.3, 0.4) is 0 Å². The van der Waals surface area contributed by atoms with Crippen LogP contribution in [0.5, 0.6) is 0 Å². The Balaban J connectivity index is 1.70. The number of amidine groups is 1. The third-order valence-electron chi connectivity index (χ3n) is 3.36. The first kappa shape index (κ1) is 16.2. The number of halogens is 4. The Morgan fingerprint density at radius 3 is 2.96 bits per heavy atom. The molecule has 1 amide bonds. The van der Waals surface area contributed by atoms with Crippen molar-refractivity contribution in [2.75, 3.05) is 18.4 Å². The van der Waals surface area contributed by atoms with Gasteiger partial charge in [0.15, 0.2) is 5.17 Å². The summed E-state index contributed by atoms with van der Waals surface area (Å²) in [5.41, 5.74) is -0.123. The molecule has 122 valence electrons. The summed E-state index contributed by atoms with van der Waals surface area (Å²) in [5.74, 6) is -0.425. The van der Waals surface area contributed by atoms with Gasteiger partial charge in [-0.1, -0.05) is 23.4 Å². The van der Waals surface area contributed by atoms with Crippen molar-refractivity contribution in [3.05, 3.63) is 39.9 Å². The van der Waals surface area contributed by atoms with Gasteiger partial charge < -0.3 is 10.2 Å². The Bertz CT molecular complexity index is 718. The number of amides is 1. The first-order chi connectivity index (χ1) is 10.8. The summed E-state index contributed by atoms with van der Waals surface area (Å²) in [6.45, 7) is 1.40. The molecule has 4 nitrogen and oxygen atoms in total. The number of nitrogens with one attached hydrogen (secondary N) is 1. The SMILES string of the molecule is O=C(CC1=CSC2=NCCN12)Nc1cc(C(F)(F)F)ccc1Cl. The minimum absolute atomic E-state index is 0.0481. The molecule has 3 rings (SSSR count). The first-order valence-corrected chi connectivity index (χ1v) is 7.94. The van der Waals surface area contributed by atoms with E-state index in [4.69, 9.17) is 11.6 Å². The van der Waals surface area contributed by atoms with Crippen molar-refractivity contribution in [2.45, 2.75) is 12.6 Å². The lowest BCUT2D eigenvalue weighted by Gasteiger charge is -2.16. The smallest absolute Gasteiger partial charge is 0.324 e. The number of nitrogens with zero attached hydrogens (tertiary/aromatic N) is 2. The fourth-order valence-corrected chi connectivity index (χ4v) is 3.39. The molecule has 9 heteroatoms. The molecule has 0 saturated heterocycles. The molecule has 23 heavy (non-hydrogen) atoms. The molecule has 2 heterocycles. The van der Waals surface area contributed by atoms with Crippen LogP contribution in [0.4, 0.5) is 18.9 Å². The first-order valence-electron chi connectivity index (χ1n) is 6.69. The monoisotopic (exact) mass is 361 g/mol. The standard InChI is InChI=1S/C14H11ClF3N3OS/c15-10-2-1-8(14(16,17)18)5-11(10)20-12(22)6-9-7-23-13-19-3-4-21(9)13/h1-2,5,7H,3-4,6H2,(H,20,22). The predicted molar refractivity (Wildman–Crippen MR) is 84.4 cm³/mol. The second kappa shape index (κ2) is 6.09. The minimum Gasteiger partial charge on any atom is -0.324 e. The van der Waals surface area contributed by atoms with Crippen LogP contribution in [0, 0.1) is 0 Å². The normalized spacial score (nSPS) is 17.0. The van der Waals surface area contributed by atoms with Crippen molar-refractivity contribution in [2.24, 2.45) is 4.99 Å². The minimum atomic E-state index is -4.49. The van der Waals surface area contributed by atoms with Crippen molar-refractivity contribution in [3.8, 4) is 0 Å². The molecular formula is C14H11ClF3N3OS. The van der Waals surface area contributed by atoms with E-state index in [9.17, 15) is 18.0 Å². The highest BCUT2D eigenvalue weighted by atomic mass is 35.5. The highest BCUT2D eigenvalue weighted by Gasteiger charge is 2.31.